The van der Waals surface area contributed by atoms with Crippen LogP contribution in [0.15, 0.2) is 47.5 Å². The van der Waals surface area contributed by atoms with Gasteiger partial charge in [-0.25, -0.2) is 14.1 Å². The first-order chi connectivity index (χ1) is 11.6. The Hall–Kier alpha value is -3.53. The van der Waals surface area contributed by atoms with E-state index in [9.17, 15) is 14.0 Å². The maximum absolute atomic E-state index is 14.0. The molecule has 2 heterocycles. The summed E-state index contributed by atoms with van der Waals surface area (Å²) in [5.74, 6) is -0.215. The minimum atomic E-state index is -0.533. The number of nitriles is 1. The third-order valence-corrected chi connectivity index (χ3v) is 3.54. The van der Waals surface area contributed by atoms with Gasteiger partial charge in [0.2, 0.25) is 0 Å². The number of halogens is 1. The summed E-state index contributed by atoms with van der Waals surface area (Å²) in [5, 5.41) is 11.4. The van der Waals surface area contributed by atoms with Crippen LogP contribution >= 0.6 is 0 Å². The van der Waals surface area contributed by atoms with Crippen LogP contribution < -0.4 is 5.56 Å². The molecule has 24 heavy (non-hydrogen) atoms. The molecule has 7 heteroatoms. The molecule has 118 valence electrons. The first kappa shape index (κ1) is 15.4. The topological polar surface area (TPSA) is 91.5 Å². The number of nitrogens with zero attached hydrogens (tertiary/aromatic N) is 3. The van der Waals surface area contributed by atoms with Crippen molar-refractivity contribution in [3.05, 3.63) is 70.0 Å². The van der Waals surface area contributed by atoms with Crippen LogP contribution in [0.3, 0.4) is 0 Å². The molecular formula is C17H11FN4O2. The fourth-order valence-electron chi connectivity index (χ4n) is 2.29. The fraction of sp³-hybridized carbons (Fsp3) is 0.0588. The van der Waals surface area contributed by atoms with Gasteiger partial charge >= 0.3 is 0 Å². The highest BCUT2D eigenvalue weighted by molar-refractivity contribution is 5.74. The van der Waals surface area contributed by atoms with Crippen LogP contribution in [0.4, 0.5) is 4.39 Å². The zero-order chi connectivity index (χ0) is 17.1. The van der Waals surface area contributed by atoms with Gasteiger partial charge in [-0.05, 0) is 23.8 Å². The summed E-state index contributed by atoms with van der Waals surface area (Å²) in [6, 6.07) is 9.26. The summed E-state index contributed by atoms with van der Waals surface area (Å²) in [6.45, 7) is 0. The Bertz CT molecular complexity index is 997. The number of nitrogens with one attached hydrogen (secondary N) is 1. The summed E-state index contributed by atoms with van der Waals surface area (Å²) in [5.41, 5.74) is 0.961. The number of benzene rings is 1. The highest BCUT2D eigenvalue weighted by atomic mass is 19.1. The number of aromatic amines is 1. The van der Waals surface area contributed by atoms with Crippen molar-refractivity contribution in [3.8, 4) is 23.0 Å². The molecular weight excluding hydrogens is 311 g/mol. The SMILES string of the molecule is N#CCc1ccc(-c2c[nH]n(-c3ccc(C=O)cn3)c2=O)cc1F. The smallest absolute Gasteiger partial charge is 0.280 e. The number of aromatic nitrogens is 3. The van der Waals surface area contributed by atoms with E-state index in [2.05, 4.69) is 10.1 Å². The molecule has 6 nitrogen and oxygen atoms in total. The summed E-state index contributed by atoms with van der Waals surface area (Å²) >= 11 is 0. The average Bonchev–Trinajstić information content (AvgIpc) is 2.98. The van der Waals surface area contributed by atoms with Crippen molar-refractivity contribution in [3.63, 3.8) is 0 Å². The number of pyridine rings is 1. The molecule has 0 spiro atoms. The predicted molar refractivity (Wildman–Crippen MR) is 84.3 cm³/mol. The van der Waals surface area contributed by atoms with Crippen molar-refractivity contribution < 1.29 is 9.18 Å². The molecule has 2 aromatic heterocycles. The van der Waals surface area contributed by atoms with Crippen molar-refractivity contribution in [2.45, 2.75) is 6.42 Å². The van der Waals surface area contributed by atoms with Crippen molar-refractivity contribution >= 4 is 6.29 Å². The zero-order valence-corrected chi connectivity index (χ0v) is 12.4. The quantitative estimate of drug-likeness (QED) is 0.746. The molecule has 0 aliphatic heterocycles. The molecule has 0 fully saturated rings. The van der Waals surface area contributed by atoms with Gasteiger partial charge in [-0.3, -0.25) is 14.7 Å². The maximum Gasteiger partial charge on any atom is 0.280 e. The van der Waals surface area contributed by atoms with Gasteiger partial charge < -0.3 is 0 Å². The number of carbonyl (C=O) groups is 1. The molecule has 0 atom stereocenters. The van der Waals surface area contributed by atoms with Crippen LogP contribution in [0.5, 0.6) is 0 Å². The Balaban J connectivity index is 2.01. The molecule has 0 amide bonds. The van der Waals surface area contributed by atoms with E-state index < -0.39 is 11.4 Å². The lowest BCUT2D eigenvalue weighted by Crippen LogP contribution is -2.17. The lowest BCUT2D eigenvalue weighted by atomic mass is 10.1. The second-order valence-electron chi connectivity index (χ2n) is 5.04. The normalized spacial score (nSPS) is 10.3. The molecule has 0 aliphatic rings. The monoisotopic (exact) mass is 322 g/mol. The Labute approximate surface area is 135 Å². The first-order valence-corrected chi connectivity index (χ1v) is 7.02. The zero-order valence-electron chi connectivity index (χ0n) is 12.4. The molecule has 1 aromatic carbocycles. The molecule has 0 aliphatic carbocycles. The lowest BCUT2D eigenvalue weighted by molar-refractivity contribution is 0.112. The van der Waals surface area contributed by atoms with Crippen molar-refractivity contribution in [2.24, 2.45) is 0 Å². The molecule has 3 rings (SSSR count). The van der Waals surface area contributed by atoms with E-state index in [0.29, 0.717) is 23.2 Å². The Morgan fingerprint density at radius 1 is 1.33 bits per heavy atom. The van der Waals surface area contributed by atoms with Gasteiger partial charge in [-0.2, -0.15) is 5.26 Å². The average molecular weight is 322 g/mol. The van der Waals surface area contributed by atoms with Gasteiger partial charge in [0.05, 0.1) is 18.1 Å². The molecule has 0 bridgehead atoms. The number of carbonyl (C=O) groups excluding carboxylic acids is 1. The number of aldehydes is 1. The molecule has 0 unspecified atom stereocenters. The predicted octanol–water partition coefficient (Wildman–Crippen LogP) is 2.25. The number of hydrogen-bond donors (Lipinski definition) is 1. The molecule has 1 N–H and O–H groups in total. The number of H-pyrrole nitrogens is 1. The second-order valence-corrected chi connectivity index (χ2v) is 5.04. The van der Waals surface area contributed by atoms with Crippen LogP contribution in [-0.4, -0.2) is 21.1 Å². The van der Waals surface area contributed by atoms with E-state index in [1.54, 1.807) is 12.1 Å². The Morgan fingerprint density at radius 3 is 2.79 bits per heavy atom. The summed E-state index contributed by atoms with van der Waals surface area (Å²) in [4.78, 5) is 27.2. The van der Waals surface area contributed by atoms with E-state index >= 15 is 0 Å². The molecule has 0 saturated heterocycles. The highest BCUT2D eigenvalue weighted by Crippen LogP contribution is 2.19. The van der Waals surface area contributed by atoms with Crippen LogP contribution in [0.25, 0.3) is 16.9 Å². The van der Waals surface area contributed by atoms with Gasteiger partial charge in [-0.1, -0.05) is 12.1 Å². The van der Waals surface area contributed by atoms with E-state index in [-0.39, 0.29) is 17.5 Å². The molecule has 0 radical (unpaired) electrons. The maximum atomic E-state index is 14.0. The van der Waals surface area contributed by atoms with Crippen LogP contribution in [0.1, 0.15) is 15.9 Å². The largest absolute Gasteiger partial charge is 0.298 e. The van der Waals surface area contributed by atoms with E-state index in [0.717, 1.165) is 0 Å². The standard InChI is InChI=1S/C17H11FN4O2/c18-15-7-13(3-2-12(15)5-6-19)14-9-21-22(17(14)24)16-4-1-11(10-23)8-20-16/h1-4,7-10,21H,5H2. The van der Waals surface area contributed by atoms with E-state index in [4.69, 9.17) is 5.26 Å². The summed E-state index contributed by atoms with van der Waals surface area (Å²) in [7, 11) is 0. The first-order valence-electron chi connectivity index (χ1n) is 7.02. The minimum absolute atomic E-state index is 0.0313. The van der Waals surface area contributed by atoms with Gasteiger partial charge in [0.15, 0.2) is 12.1 Å². The Kier molecular flexibility index (Phi) is 4.03. The second kappa shape index (κ2) is 6.30. The van der Waals surface area contributed by atoms with Crippen LogP contribution in [-0.2, 0) is 6.42 Å². The van der Waals surface area contributed by atoms with Gasteiger partial charge in [0.25, 0.3) is 5.56 Å². The van der Waals surface area contributed by atoms with Gasteiger partial charge in [-0.15, -0.1) is 0 Å². The summed E-state index contributed by atoms with van der Waals surface area (Å²) in [6.07, 6.45) is 3.43. The third kappa shape index (κ3) is 2.73. The minimum Gasteiger partial charge on any atom is -0.298 e. The van der Waals surface area contributed by atoms with Crippen molar-refractivity contribution in [1.82, 2.24) is 14.8 Å². The summed E-state index contributed by atoms with van der Waals surface area (Å²) < 4.78 is 15.2. The van der Waals surface area contributed by atoms with Crippen LogP contribution in [0, 0.1) is 17.1 Å². The van der Waals surface area contributed by atoms with Crippen molar-refractivity contribution in [1.29, 1.82) is 5.26 Å². The van der Waals surface area contributed by atoms with Crippen LogP contribution in [0.2, 0.25) is 0 Å². The Morgan fingerprint density at radius 2 is 2.17 bits per heavy atom. The van der Waals surface area contributed by atoms with E-state index in [1.165, 1.54) is 35.3 Å². The third-order valence-electron chi connectivity index (χ3n) is 3.54. The molecule has 3 aromatic rings. The highest BCUT2D eigenvalue weighted by Gasteiger charge is 2.12. The van der Waals surface area contributed by atoms with Gasteiger partial charge in [0.1, 0.15) is 5.82 Å². The van der Waals surface area contributed by atoms with Gasteiger partial charge in [0, 0.05) is 23.5 Å². The fourth-order valence-corrected chi connectivity index (χ4v) is 2.29. The number of rotatable bonds is 4. The van der Waals surface area contributed by atoms with E-state index in [1.807, 2.05) is 6.07 Å². The number of hydrogen-bond acceptors (Lipinski definition) is 4. The molecule has 0 saturated carbocycles. The lowest BCUT2D eigenvalue weighted by Gasteiger charge is -2.02. The van der Waals surface area contributed by atoms with Crippen molar-refractivity contribution in [2.75, 3.05) is 0 Å².